The van der Waals surface area contributed by atoms with Crippen LogP contribution >= 0.6 is 0 Å². The molecule has 9 aromatic rings. The largest absolute Gasteiger partial charge is 0.480 e. The van der Waals surface area contributed by atoms with Gasteiger partial charge in [0, 0.05) is 149 Å². The zero-order valence-corrected chi connectivity index (χ0v) is 46.3. The van der Waals surface area contributed by atoms with Gasteiger partial charge in [-0.25, -0.2) is 14.4 Å². The second kappa shape index (κ2) is 26.1. The van der Waals surface area contributed by atoms with Gasteiger partial charge in [-0.3, -0.25) is 54.8 Å². The standard InChI is InChI=1S/C61H54N10O17/c72-52(62-49(58(75)76)31-43-40-7-1-4-10-46(40)65-55(43)34-13-19-37(20-14-34)68(81)82)25-28-61(71(87)88,29-26-53(73)63-50(59(77)78)32-44-41-8-2-5-11-47(41)66-56(44)35-15-21-38(22-16-35)69(83)84)30-27-54(74)64-51(60(79)80)33-45-42-9-3-6-12-48(42)67-57(45)36-17-23-39(24-18-36)70(85)86/h1-24,49-51,65-67H,25-33H2,(H,62,72)(H,63,73)(H,64,74)(H,75,76)(H,77,78)(H,79,80). The number of carbonyl (C=O) groups is 6. The molecule has 0 aliphatic carbocycles. The van der Waals surface area contributed by atoms with Gasteiger partial charge in [-0.2, -0.15) is 0 Å². The molecule has 9 N–H and O–H groups in total. The van der Waals surface area contributed by atoms with E-state index in [4.69, 9.17) is 0 Å². The molecule has 3 heterocycles. The van der Waals surface area contributed by atoms with Crippen molar-refractivity contribution >= 4 is 85.4 Å². The van der Waals surface area contributed by atoms with Crippen LogP contribution in [-0.2, 0) is 48.0 Å². The van der Waals surface area contributed by atoms with Crippen molar-refractivity contribution in [2.45, 2.75) is 81.5 Å². The van der Waals surface area contributed by atoms with E-state index in [0.717, 1.165) is 0 Å². The molecular formula is C61H54N10O17. The number of nitrogens with zero attached hydrogens (tertiary/aromatic N) is 4. The molecule has 88 heavy (non-hydrogen) atoms. The maximum absolute atomic E-state index is 14.0. The molecule has 0 bridgehead atoms. The first-order valence-corrected chi connectivity index (χ1v) is 27.3. The number of carboxylic acids is 3. The SMILES string of the molecule is O=C(CCC(CCC(=O)NC(Cc1c(-c2ccc([N+](=O)[O-])cc2)[nH]c2ccccc12)C(=O)O)(CCC(=O)NC(Cc1c(-c2ccc([N+](=O)[O-])cc2)[nH]c2ccccc12)C(=O)O)[N+](=O)[O-])NC(Cc1c(-c2ccc([N+](=O)[O-])cc2)[nH]c2ccccc12)C(=O)O. The monoisotopic (exact) mass is 1200 g/mol. The number of nitro benzene ring substituents is 3. The van der Waals surface area contributed by atoms with Crippen LogP contribution in [0.3, 0.4) is 0 Å². The van der Waals surface area contributed by atoms with Crippen molar-refractivity contribution in [3.63, 3.8) is 0 Å². The quantitative estimate of drug-likeness (QED) is 0.0163. The zero-order valence-electron chi connectivity index (χ0n) is 46.3. The number of amides is 3. The highest BCUT2D eigenvalue weighted by Gasteiger charge is 2.44. The van der Waals surface area contributed by atoms with Crippen LogP contribution in [0.15, 0.2) is 146 Å². The van der Waals surface area contributed by atoms with Crippen molar-refractivity contribution < 1.29 is 63.8 Å². The zero-order chi connectivity index (χ0) is 63.0. The molecule has 0 saturated heterocycles. The molecule has 3 aromatic heterocycles. The third kappa shape index (κ3) is 13.6. The van der Waals surface area contributed by atoms with Gasteiger partial charge in [0.25, 0.3) is 17.1 Å². The van der Waals surface area contributed by atoms with Gasteiger partial charge in [0.2, 0.25) is 23.3 Å². The fourth-order valence-corrected chi connectivity index (χ4v) is 10.9. The fourth-order valence-electron chi connectivity index (χ4n) is 10.9. The van der Waals surface area contributed by atoms with Crippen LogP contribution in [0, 0.1) is 40.5 Å². The average molecular weight is 1200 g/mol. The lowest BCUT2D eigenvalue weighted by atomic mass is 9.83. The van der Waals surface area contributed by atoms with E-state index in [1.165, 1.54) is 72.8 Å². The van der Waals surface area contributed by atoms with E-state index >= 15 is 0 Å². The van der Waals surface area contributed by atoms with Crippen LogP contribution in [-0.4, -0.2) is 109 Å². The van der Waals surface area contributed by atoms with E-state index in [-0.39, 0.29) is 36.3 Å². The first-order chi connectivity index (χ1) is 42.1. The number of rotatable bonds is 28. The van der Waals surface area contributed by atoms with E-state index in [1.807, 2.05) is 0 Å². The lowest BCUT2D eigenvalue weighted by molar-refractivity contribution is -0.573. The van der Waals surface area contributed by atoms with Crippen molar-refractivity contribution in [2.75, 3.05) is 0 Å². The Morgan fingerprint density at radius 2 is 0.648 bits per heavy atom. The molecule has 0 aliphatic heterocycles. The summed E-state index contributed by atoms with van der Waals surface area (Å²) in [6.45, 7) is 0. The number of carbonyl (C=O) groups excluding carboxylic acids is 3. The Balaban J connectivity index is 0.966. The summed E-state index contributed by atoms with van der Waals surface area (Å²) in [5.74, 6) is -7.47. The van der Waals surface area contributed by atoms with Gasteiger partial charge >= 0.3 is 17.9 Å². The molecular weight excluding hydrogens is 1140 g/mol. The average Bonchev–Trinajstić information content (AvgIpc) is 1.83. The third-order valence-corrected chi connectivity index (χ3v) is 15.5. The number of aliphatic carboxylic acids is 3. The van der Waals surface area contributed by atoms with Crippen LogP contribution in [0.1, 0.15) is 55.2 Å². The Bertz CT molecular complexity index is 3800. The second-order valence-corrected chi connectivity index (χ2v) is 21.0. The minimum atomic E-state index is -2.37. The summed E-state index contributed by atoms with van der Waals surface area (Å²) in [4.78, 5) is 136. The Kier molecular flexibility index (Phi) is 18.1. The van der Waals surface area contributed by atoms with Crippen molar-refractivity contribution in [3.8, 4) is 33.8 Å². The Labute approximate surface area is 496 Å². The first kappa shape index (κ1) is 60.9. The summed E-state index contributed by atoms with van der Waals surface area (Å²) in [6.07, 6.45) is -5.52. The summed E-state index contributed by atoms with van der Waals surface area (Å²) in [5, 5.41) is 88.4. The van der Waals surface area contributed by atoms with Crippen molar-refractivity contribution in [1.29, 1.82) is 0 Å². The van der Waals surface area contributed by atoms with Crippen LogP contribution in [0.4, 0.5) is 17.1 Å². The molecule has 3 unspecified atom stereocenters. The minimum absolute atomic E-state index is 0.199. The number of nitrogens with one attached hydrogen (secondary N) is 6. The molecule has 0 fully saturated rings. The molecule has 27 nitrogen and oxygen atoms in total. The van der Waals surface area contributed by atoms with E-state index in [0.29, 0.717) is 83.2 Å². The molecule has 9 rings (SSSR count). The van der Waals surface area contributed by atoms with Gasteiger partial charge in [-0.1, -0.05) is 54.6 Å². The molecule has 0 radical (unpaired) electrons. The molecule has 6 aromatic carbocycles. The summed E-state index contributed by atoms with van der Waals surface area (Å²) < 4.78 is 0. The molecule has 3 amide bonds. The predicted molar refractivity (Wildman–Crippen MR) is 318 cm³/mol. The Morgan fingerprint density at radius 1 is 0.398 bits per heavy atom. The topological polar surface area (TPSA) is 419 Å². The van der Waals surface area contributed by atoms with Gasteiger partial charge in [-0.05, 0) is 88.0 Å². The number of aromatic nitrogens is 3. The maximum atomic E-state index is 14.0. The lowest BCUT2D eigenvalue weighted by Crippen LogP contribution is -2.47. The smallest absolute Gasteiger partial charge is 0.326 e. The Hall–Kier alpha value is -11.6. The van der Waals surface area contributed by atoms with Crippen molar-refractivity contribution in [2.24, 2.45) is 0 Å². The minimum Gasteiger partial charge on any atom is -0.480 e. The summed E-state index contributed by atoms with van der Waals surface area (Å²) >= 11 is 0. The Morgan fingerprint density at radius 3 is 0.875 bits per heavy atom. The normalized spacial score (nSPS) is 13.0. The van der Waals surface area contributed by atoms with E-state index in [2.05, 4.69) is 30.9 Å². The number of hydrogen-bond donors (Lipinski definition) is 9. The van der Waals surface area contributed by atoms with Gasteiger partial charge in [0.05, 0.1) is 14.8 Å². The van der Waals surface area contributed by atoms with Gasteiger partial charge in [0.1, 0.15) is 18.1 Å². The van der Waals surface area contributed by atoms with Gasteiger partial charge in [0.15, 0.2) is 0 Å². The number of nitro groups is 4. The van der Waals surface area contributed by atoms with Crippen LogP contribution in [0.2, 0.25) is 0 Å². The number of aromatic amines is 3. The van der Waals surface area contributed by atoms with Crippen LogP contribution < -0.4 is 16.0 Å². The maximum Gasteiger partial charge on any atom is 0.326 e. The highest BCUT2D eigenvalue weighted by molar-refractivity contribution is 5.95. The van der Waals surface area contributed by atoms with E-state index in [9.17, 15) is 84.5 Å². The second-order valence-electron chi connectivity index (χ2n) is 21.0. The molecule has 0 saturated carbocycles. The van der Waals surface area contributed by atoms with Gasteiger partial charge < -0.3 is 46.2 Å². The predicted octanol–water partition coefficient (Wildman–Crippen LogP) is 8.95. The molecule has 27 heteroatoms. The number of benzene rings is 6. The molecule has 0 aliphatic rings. The molecule has 450 valence electrons. The third-order valence-electron chi connectivity index (χ3n) is 15.5. The summed E-state index contributed by atoms with van der Waals surface area (Å²) in [5.41, 5.74) is 2.53. The molecule has 3 atom stereocenters. The summed E-state index contributed by atoms with van der Waals surface area (Å²) in [6, 6.07) is 32.0. The lowest BCUT2D eigenvalue weighted by Gasteiger charge is -2.26. The van der Waals surface area contributed by atoms with E-state index < -0.39 is 118 Å². The fraction of sp³-hybridized carbons (Fsp3) is 0.213. The number of non-ortho nitro benzene ring substituents is 3. The van der Waals surface area contributed by atoms with Crippen LogP contribution in [0.5, 0.6) is 0 Å². The van der Waals surface area contributed by atoms with Gasteiger partial charge in [-0.15, -0.1) is 0 Å². The van der Waals surface area contributed by atoms with Crippen molar-refractivity contribution in [3.05, 3.63) is 203 Å². The highest BCUT2D eigenvalue weighted by Crippen LogP contribution is 2.37. The number of carboxylic acid groups (broad SMARTS) is 3. The molecule has 0 spiro atoms. The first-order valence-electron chi connectivity index (χ1n) is 27.3. The van der Waals surface area contributed by atoms with Crippen LogP contribution in [0.25, 0.3) is 66.5 Å². The number of fused-ring (bicyclic) bond motifs is 3. The number of para-hydroxylation sites is 3. The van der Waals surface area contributed by atoms with E-state index in [1.54, 1.807) is 72.8 Å². The van der Waals surface area contributed by atoms with Crippen molar-refractivity contribution in [1.82, 2.24) is 30.9 Å². The number of H-pyrrole nitrogens is 3. The number of hydrogen-bond acceptors (Lipinski definition) is 14. The highest BCUT2D eigenvalue weighted by atomic mass is 16.6. The summed E-state index contributed by atoms with van der Waals surface area (Å²) in [7, 11) is 0.